The van der Waals surface area contributed by atoms with Crippen molar-refractivity contribution in [3.63, 3.8) is 0 Å². The molecule has 0 spiro atoms. The summed E-state index contributed by atoms with van der Waals surface area (Å²) in [5.74, 6) is 0.738. The van der Waals surface area contributed by atoms with E-state index in [1.54, 1.807) is 6.20 Å². The molecule has 0 bridgehead atoms. The Kier molecular flexibility index (Phi) is 3.69. The number of hydrogen-bond acceptors (Lipinski definition) is 3. The molecule has 0 radical (unpaired) electrons. The van der Waals surface area contributed by atoms with E-state index in [2.05, 4.69) is 34.9 Å². The highest BCUT2D eigenvalue weighted by molar-refractivity contribution is 6.05. The van der Waals surface area contributed by atoms with Gasteiger partial charge in [-0.3, -0.25) is 9.78 Å². The molecule has 0 aliphatic carbocycles. The Hall–Kier alpha value is -2.23. The monoisotopic (exact) mass is 281 g/mol. The molecule has 0 aromatic carbocycles. The Morgan fingerprint density at radius 3 is 2.90 bits per heavy atom. The summed E-state index contributed by atoms with van der Waals surface area (Å²) in [5, 5.41) is 2.16. The molecule has 0 atom stereocenters. The van der Waals surface area contributed by atoms with Gasteiger partial charge in [0.15, 0.2) is 0 Å². The predicted octanol–water partition coefficient (Wildman–Crippen LogP) is 3.66. The van der Waals surface area contributed by atoms with Crippen molar-refractivity contribution < 1.29 is 4.79 Å². The third-order valence-corrected chi connectivity index (χ3v) is 3.61. The average molecular weight is 281 g/mol. The molecule has 4 heteroatoms. The summed E-state index contributed by atoms with van der Waals surface area (Å²) in [6.07, 6.45) is 5.54. The third kappa shape index (κ3) is 2.94. The largest absolute Gasteiger partial charge is 0.339 e. The molecule has 21 heavy (non-hydrogen) atoms. The summed E-state index contributed by atoms with van der Waals surface area (Å²) < 4.78 is 0. The van der Waals surface area contributed by atoms with E-state index in [1.165, 1.54) is 0 Å². The van der Waals surface area contributed by atoms with Crippen LogP contribution in [0.3, 0.4) is 0 Å². The molecule has 3 heterocycles. The predicted molar refractivity (Wildman–Crippen MR) is 84.2 cm³/mol. The van der Waals surface area contributed by atoms with Crippen LogP contribution < -0.4 is 0 Å². The van der Waals surface area contributed by atoms with Gasteiger partial charge in [-0.25, -0.2) is 4.98 Å². The van der Waals surface area contributed by atoms with Crippen LogP contribution in [0.1, 0.15) is 32.4 Å². The fourth-order valence-corrected chi connectivity index (χ4v) is 2.62. The Balaban J connectivity index is 1.81. The number of aromatic nitrogens is 3. The highest BCUT2D eigenvalue weighted by Gasteiger charge is 2.09. The number of carbonyl (C=O) groups excluding carboxylic acids is 1. The second kappa shape index (κ2) is 5.64. The van der Waals surface area contributed by atoms with E-state index in [4.69, 9.17) is 0 Å². The molecule has 0 unspecified atom stereocenters. The molecule has 3 rings (SSSR count). The number of hydrogen-bond donors (Lipinski definition) is 1. The van der Waals surface area contributed by atoms with E-state index < -0.39 is 0 Å². The fraction of sp³-hybridized carbons (Fsp3) is 0.353. The first-order valence-electron chi connectivity index (χ1n) is 7.36. The van der Waals surface area contributed by atoms with Gasteiger partial charge in [-0.15, -0.1) is 0 Å². The quantitative estimate of drug-likeness (QED) is 0.776. The smallest absolute Gasteiger partial charge is 0.138 e. The maximum Gasteiger partial charge on any atom is 0.138 e. The van der Waals surface area contributed by atoms with Gasteiger partial charge in [-0.05, 0) is 30.5 Å². The minimum atomic E-state index is 0.313. The first kappa shape index (κ1) is 13.7. The molecule has 0 aliphatic rings. The van der Waals surface area contributed by atoms with E-state index >= 15 is 0 Å². The van der Waals surface area contributed by atoms with Crippen LogP contribution in [0.2, 0.25) is 0 Å². The molecule has 3 aromatic rings. The molecule has 108 valence electrons. The number of H-pyrrole nitrogens is 1. The molecular weight excluding hydrogens is 262 g/mol. The van der Waals surface area contributed by atoms with Crippen LogP contribution in [0.5, 0.6) is 0 Å². The van der Waals surface area contributed by atoms with Gasteiger partial charge in [0, 0.05) is 41.7 Å². The molecular formula is C17H19N3O. The third-order valence-electron chi connectivity index (χ3n) is 3.61. The zero-order chi connectivity index (χ0) is 14.8. The fourth-order valence-electron chi connectivity index (χ4n) is 2.62. The topological polar surface area (TPSA) is 58.6 Å². The molecule has 0 saturated heterocycles. The van der Waals surface area contributed by atoms with E-state index in [1.807, 2.05) is 18.3 Å². The van der Waals surface area contributed by atoms with Gasteiger partial charge in [0.1, 0.15) is 11.4 Å². The Labute approximate surface area is 123 Å². The van der Waals surface area contributed by atoms with Crippen molar-refractivity contribution in [2.24, 2.45) is 5.92 Å². The lowest BCUT2D eigenvalue weighted by atomic mass is 10.0. The molecule has 0 saturated carbocycles. The molecule has 0 fully saturated rings. The number of nitrogens with one attached hydrogen (secondary N) is 1. The number of aryl methyl sites for hydroxylation is 1. The van der Waals surface area contributed by atoms with E-state index in [0.29, 0.717) is 31.0 Å². The first-order chi connectivity index (χ1) is 10.1. The summed E-state index contributed by atoms with van der Waals surface area (Å²) >= 11 is 0. The number of nitrogens with zero attached hydrogens (tertiary/aromatic N) is 2. The van der Waals surface area contributed by atoms with Gasteiger partial charge in [-0.2, -0.15) is 0 Å². The maximum atomic E-state index is 11.8. The second-order valence-corrected chi connectivity index (χ2v) is 5.88. The number of carbonyl (C=O) groups is 1. The van der Waals surface area contributed by atoms with Crippen molar-refractivity contribution in [2.75, 3.05) is 0 Å². The van der Waals surface area contributed by atoms with E-state index in [-0.39, 0.29) is 0 Å². The first-order valence-corrected chi connectivity index (χ1v) is 7.36. The summed E-state index contributed by atoms with van der Waals surface area (Å²) in [4.78, 5) is 23.9. The van der Waals surface area contributed by atoms with Gasteiger partial charge < -0.3 is 4.98 Å². The number of aromatic amines is 1. The Morgan fingerprint density at radius 2 is 2.10 bits per heavy atom. The Morgan fingerprint density at radius 1 is 1.24 bits per heavy atom. The van der Waals surface area contributed by atoms with Crippen LogP contribution in [0, 0.1) is 5.92 Å². The number of Topliss-reactive ketones (excluding diaryl/α,β-unsaturated/α-hetero) is 1. The second-order valence-electron chi connectivity index (χ2n) is 5.88. The molecule has 4 nitrogen and oxygen atoms in total. The number of rotatable bonds is 5. The van der Waals surface area contributed by atoms with Crippen LogP contribution in [0.25, 0.3) is 21.9 Å². The standard InChI is InChI=1S/C17H19N3O/c1-11(2)9-13(21)5-3-12-4-6-14-15-10-18-8-7-16(15)20-17(14)19-12/h4,6-8,10-11H,3,5,9H2,1-2H3,(H,19,20). The molecule has 1 N–H and O–H groups in total. The highest BCUT2D eigenvalue weighted by Crippen LogP contribution is 2.23. The minimum absolute atomic E-state index is 0.313. The minimum Gasteiger partial charge on any atom is -0.339 e. The Bertz CT molecular complexity index is 789. The van der Waals surface area contributed by atoms with E-state index in [0.717, 1.165) is 27.6 Å². The maximum absolute atomic E-state index is 11.8. The van der Waals surface area contributed by atoms with Crippen molar-refractivity contribution >= 4 is 27.7 Å². The van der Waals surface area contributed by atoms with Gasteiger partial charge in [0.25, 0.3) is 0 Å². The van der Waals surface area contributed by atoms with Crippen LogP contribution in [-0.2, 0) is 11.2 Å². The van der Waals surface area contributed by atoms with Crippen molar-refractivity contribution in [1.82, 2.24) is 15.0 Å². The number of fused-ring (bicyclic) bond motifs is 3. The lowest BCUT2D eigenvalue weighted by molar-refractivity contribution is -0.119. The van der Waals surface area contributed by atoms with Crippen molar-refractivity contribution in [3.05, 3.63) is 36.3 Å². The van der Waals surface area contributed by atoms with Crippen molar-refractivity contribution in [3.8, 4) is 0 Å². The van der Waals surface area contributed by atoms with E-state index in [9.17, 15) is 4.79 Å². The lowest BCUT2D eigenvalue weighted by Crippen LogP contribution is -2.04. The van der Waals surface area contributed by atoms with Crippen molar-refractivity contribution in [1.29, 1.82) is 0 Å². The summed E-state index contributed by atoms with van der Waals surface area (Å²) in [6, 6.07) is 6.01. The zero-order valence-electron chi connectivity index (χ0n) is 12.4. The number of pyridine rings is 2. The lowest BCUT2D eigenvalue weighted by Gasteiger charge is -2.03. The summed E-state index contributed by atoms with van der Waals surface area (Å²) in [7, 11) is 0. The zero-order valence-corrected chi connectivity index (χ0v) is 12.4. The molecule has 0 amide bonds. The van der Waals surface area contributed by atoms with Gasteiger partial charge in [0.2, 0.25) is 0 Å². The van der Waals surface area contributed by atoms with Crippen molar-refractivity contribution in [2.45, 2.75) is 33.1 Å². The van der Waals surface area contributed by atoms with Gasteiger partial charge >= 0.3 is 0 Å². The summed E-state index contributed by atoms with van der Waals surface area (Å²) in [6.45, 7) is 4.14. The van der Waals surface area contributed by atoms with Crippen LogP contribution >= 0.6 is 0 Å². The number of ketones is 1. The summed E-state index contributed by atoms with van der Waals surface area (Å²) in [5.41, 5.74) is 2.87. The SMILES string of the molecule is CC(C)CC(=O)CCc1ccc2c(n1)[nH]c1ccncc12. The van der Waals surface area contributed by atoms with Gasteiger partial charge in [0.05, 0.1) is 5.52 Å². The molecule has 3 aromatic heterocycles. The van der Waals surface area contributed by atoms with Crippen LogP contribution in [0.4, 0.5) is 0 Å². The van der Waals surface area contributed by atoms with Crippen LogP contribution in [0.15, 0.2) is 30.6 Å². The molecule has 0 aliphatic heterocycles. The normalized spacial score (nSPS) is 11.6. The average Bonchev–Trinajstić information content (AvgIpc) is 2.82. The van der Waals surface area contributed by atoms with Gasteiger partial charge in [-0.1, -0.05) is 13.8 Å². The van der Waals surface area contributed by atoms with Crippen LogP contribution in [-0.4, -0.2) is 20.7 Å². The highest BCUT2D eigenvalue weighted by atomic mass is 16.1.